The van der Waals surface area contributed by atoms with Gasteiger partial charge < -0.3 is 10.6 Å². The van der Waals surface area contributed by atoms with Crippen LogP contribution in [-0.4, -0.2) is 39.7 Å². The molecular weight excluding hydrogens is 347 g/mol. The van der Waals surface area contributed by atoms with Gasteiger partial charge in [-0.15, -0.1) is 12.4 Å². The normalized spacial score (nSPS) is 20.5. The van der Waals surface area contributed by atoms with E-state index in [2.05, 4.69) is 12.0 Å². The van der Waals surface area contributed by atoms with Crippen LogP contribution >= 0.6 is 24.0 Å². The van der Waals surface area contributed by atoms with Crippen LogP contribution in [0.2, 0.25) is 5.02 Å². The monoisotopic (exact) mass is 368 g/mol. The van der Waals surface area contributed by atoms with E-state index in [4.69, 9.17) is 17.3 Å². The van der Waals surface area contributed by atoms with Gasteiger partial charge in [0, 0.05) is 30.4 Å². The van der Waals surface area contributed by atoms with Crippen LogP contribution in [0.5, 0.6) is 0 Å². The van der Waals surface area contributed by atoms with Gasteiger partial charge >= 0.3 is 0 Å². The van der Waals surface area contributed by atoms with Gasteiger partial charge in [-0.3, -0.25) is 4.79 Å². The second-order valence-electron chi connectivity index (χ2n) is 6.17. The summed E-state index contributed by atoms with van der Waals surface area (Å²) in [5.74, 6) is 0.622. The van der Waals surface area contributed by atoms with Crippen LogP contribution in [0.4, 0.5) is 0 Å². The molecule has 0 bridgehead atoms. The molecule has 24 heavy (non-hydrogen) atoms. The van der Waals surface area contributed by atoms with Gasteiger partial charge in [0.1, 0.15) is 0 Å². The first kappa shape index (κ1) is 18.8. The molecule has 1 amide bonds. The lowest BCUT2D eigenvalue weighted by atomic mass is 9.92. The molecule has 1 fully saturated rings. The zero-order valence-electron chi connectivity index (χ0n) is 13.6. The summed E-state index contributed by atoms with van der Waals surface area (Å²) in [4.78, 5) is 14.7. The molecule has 2 aromatic rings. The predicted molar refractivity (Wildman–Crippen MR) is 98.1 cm³/mol. The van der Waals surface area contributed by atoms with Crippen molar-refractivity contribution in [2.24, 2.45) is 11.7 Å². The number of halogens is 2. The Kier molecular flexibility index (Phi) is 6.27. The van der Waals surface area contributed by atoms with Crippen molar-refractivity contribution in [3.05, 3.63) is 47.2 Å². The third-order valence-corrected chi connectivity index (χ3v) is 4.68. The molecule has 1 aliphatic rings. The first-order chi connectivity index (χ1) is 11.1. The summed E-state index contributed by atoms with van der Waals surface area (Å²) < 4.78 is 1.69. The van der Waals surface area contributed by atoms with E-state index in [0.717, 1.165) is 25.1 Å². The highest BCUT2D eigenvalue weighted by atomic mass is 35.5. The van der Waals surface area contributed by atoms with Gasteiger partial charge in [0.2, 0.25) is 0 Å². The van der Waals surface area contributed by atoms with Crippen LogP contribution in [0, 0.1) is 5.92 Å². The van der Waals surface area contributed by atoms with E-state index in [9.17, 15) is 4.79 Å². The van der Waals surface area contributed by atoms with Gasteiger partial charge in [-0.05, 0) is 43.0 Å². The Labute approximate surface area is 153 Å². The number of nitrogens with zero attached hydrogens (tertiary/aromatic N) is 3. The van der Waals surface area contributed by atoms with Crippen LogP contribution in [-0.2, 0) is 0 Å². The Balaban J connectivity index is 0.00000208. The Morgan fingerprint density at radius 3 is 2.75 bits per heavy atom. The van der Waals surface area contributed by atoms with Crippen LogP contribution < -0.4 is 5.73 Å². The van der Waals surface area contributed by atoms with E-state index < -0.39 is 0 Å². The lowest BCUT2D eigenvalue weighted by Crippen LogP contribution is -2.49. The number of nitrogens with two attached hydrogens (primary N) is 1. The molecular formula is C17H22Cl2N4O. The van der Waals surface area contributed by atoms with Crippen molar-refractivity contribution < 1.29 is 4.79 Å². The molecule has 1 aromatic heterocycles. The molecule has 3 rings (SSSR count). The lowest BCUT2D eigenvalue weighted by molar-refractivity contribution is 0.0573. The molecule has 7 heteroatoms. The summed E-state index contributed by atoms with van der Waals surface area (Å²) in [6, 6.07) is 7.46. The minimum atomic E-state index is 0. The molecule has 1 saturated heterocycles. The summed E-state index contributed by atoms with van der Waals surface area (Å²) >= 11 is 5.90. The summed E-state index contributed by atoms with van der Waals surface area (Å²) in [6.07, 6.45) is 5.36. The number of likely N-dealkylation sites (tertiary alicyclic amines) is 1. The van der Waals surface area contributed by atoms with Gasteiger partial charge in [-0.1, -0.05) is 18.5 Å². The van der Waals surface area contributed by atoms with Crippen LogP contribution in [0.3, 0.4) is 0 Å². The Morgan fingerprint density at radius 2 is 2.08 bits per heavy atom. The number of benzene rings is 1. The molecule has 0 spiro atoms. The highest BCUT2D eigenvalue weighted by Crippen LogP contribution is 2.24. The third kappa shape index (κ3) is 3.91. The second-order valence-corrected chi connectivity index (χ2v) is 6.60. The van der Waals surface area contributed by atoms with Crippen molar-refractivity contribution in [3.63, 3.8) is 0 Å². The molecule has 1 aliphatic heterocycles. The number of carbonyl (C=O) groups is 1. The maximum Gasteiger partial charge on any atom is 0.257 e. The van der Waals surface area contributed by atoms with Gasteiger partial charge in [0.15, 0.2) is 0 Å². The smallest absolute Gasteiger partial charge is 0.257 e. The standard InChI is InChI=1S/C17H21ClN4O.ClH/c1-12-6-7-21(16(8-12)9-19)17(23)13-10-20-22(11-13)15-4-2-14(18)3-5-15;/h2-5,10-12,16H,6-9,19H2,1H3;1H. The average molecular weight is 369 g/mol. The number of aromatic nitrogens is 2. The van der Waals surface area contributed by atoms with Crippen molar-refractivity contribution >= 4 is 29.9 Å². The fourth-order valence-corrected chi connectivity index (χ4v) is 3.20. The third-order valence-electron chi connectivity index (χ3n) is 4.43. The van der Waals surface area contributed by atoms with Gasteiger partial charge in [-0.25, -0.2) is 4.68 Å². The number of amides is 1. The average Bonchev–Trinajstić information content (AvgIpc) is 3.04. The SMILES string of the molecule is CC1CCN(C(=O)c2cnn(-c3ccc(Cl)cc3)c2)C(CN)C1.Cl. The molecule has 2 N–H and O–H groups in total. The zero-order chi connectivity index (χ0) is 16.4. The number of rotatable bonds is 3. The van der Waals surface area contributed by atoms with Crippen LogP contribution in [0.1, 0.15) is 30.1 Å². The fraction of sp³-hybridized carbons (Fsp3) is 0.412. The van der Waals surface area contributed by atoms with E-state index in [0.29, 0.717) is 23.0 Å². The zero-order valence-corrected chi connectivity index (χ0v) is 15.1. The maximum absolute atomic E-state index is 12.8. The van der Waals surface area contributed by atoms with Crippen molar-refractivity contribution in [2.45, 2.75) is 25.8 Å². The number of carbonyl (C=O) groups excluding carboxylic acids is 1. The van der Waals surface area contributed by atoms with E-state index in [-0.39, 0.29) is 24.4 Å². The second kappa shape index (κ2) is 8.01. The lowest BCUT2D eigenvalue weighted by Gasteiger charge is -2.37. The Bertz CT molecular complexity index is 686. The highest BCUT2D eigenvalue weighted by molar-refractivity contribution is 6.30. The fourth-order valence-electron chi connectivity index (χ4n) is 3.08. The van der Waals surface area contributed by atoms with Gasteiger partial charge in [-0.2, -0.15) is 5.10 Å². The van der Waals surface area contributed by atoms with Crippen molar-refractivity contribution in [2.75, 3.05) is 13.1 Å². The van der Waals surface area contributed by atoms with E-state index in [1.165, 1.54) is 0 Å². The summed E-state index contributed by atoms with van der Waals surface area (Å²) in [5, 5.41) is 4.96. The van der Waals surface area contributed by atoms with Crippen molar-refractivity contribution in [3.8, 4) is 5.69 Å². The summed E-state index contributed by atoms with van der Waals surface area (Å²) in [7, 11) is 0. The minimum absolute atomic E-state index is 0. The molecule has 2 atom stereocenters. The van der Waals surface area contributed by atoms with Gasteiger partial charge in [0.25, 0.3) is 5.91 Å². The highest BCUT2D eigenvalue weighted by Gasteiger charge is 2.30. The summed E-state index contributed by atoms with van der Waals surface area (Å²) in [6.45, 7) is 3.47. The number of piperidine rings is 1. The van der Waals surface area contributed by atoms with E-state index in [1.54, 1.807) is 29.2 Å². The first-order valence-electron chi connectivity index (χ1n) is 7.90. The molecule has 2 heterocycles. The minimum Gasteiger partial charge on any atom is -0.334 e. The Morgan fingerprint density at radius 1 is 1.38 bits per heavy atom. The van der Waals surface area contributed by atoms with Crippen LogP contribution in [0.25, 0.3) is 5.69 Å². The molecule has 5 nitrogen and oxygen atoms in total. The van der Waals surface area contributed by atoms with E-state index in [1.807, 2.05) is 17.0 Å². The molecule has 0 saturated carbocycles. The molecule has 0 aliphatic carbocycles. The number of hydrogen-bond acceptors (Lipinski definition) is 3. The maximum atomic E-state index is 12.8. The van der Waals surface area contributed by atoms with Gasteiger partial charge in [0.05, 0.1) is 17.4 Å². The van der Waals surface area contributed by atoms with Crippen molar-refractivity contribution in [1.82, 2.24) is 14.7 Å². The molecule has 0 radical (unpaired) electrons. The summed E-state index contributed by atoms with van der Waals surface area (Å²) in [5.41, 5.74) is 7.32. The molecule has 1 aromatic carbocycles. The Hall–Kier alpha value is -1.56. The predicted octanol–water partition coefficient (Wildman–Crippen LogP) is 3.15. The van der Waals surface area contributed by atoms with Crippen molar-refractivity contribution in [1.29, 1.82) is 0 Å². The molecule has 2 unspecified atom stereocenters. The first-order valence-corrected chi connectivity index (χ1v) is 8.28. The molecule has 130 valence electrons. The number of hydrogen-bond donors (Lipinski definition) is 1. The topological polar surface area (TPSA) is 64.2 Å². The largest absolute Gasteiger partial charge is 0.334 e. The quantitative estimate of drug-likeness (QED) is 0.904. The van der Waals surface area contributed by atoms with E-state index >= 15 is 0 Å². The van der Waals surface area contributed by atoms with Crippen LogP contribution in [0.15, 0.2) is 36.7 Å².